The predicted molar refractivity (Wildman–Crippen MR) is 117 cm³/mol. The molecule has 13 heteroatoms. The Morgan fingerprint density at radius 1 is 1.27 bits per heavy atom. The zero-order valence-corrected chi connectivity index (χ0v) is 18.6. The number of nitrogens with zero attached hydrogens (tertiary/aromatic N) is 3. The SMILES string of the molecule is CS(=O)(=O)N1CCCC[C@H]1CNc1nc(Nc2ccc3c(c2)CC(=O)N3)ncc1C(F)(F)F. The molecule has 2 aliphatic rings. The summed E-state index contributed by atoms with van der Waals surface area (Å²) < 4.78 is 66.0. The Morgan fingerprint density at radius 2 is 2.06 bits per heavy atom. The second kappa shape index (κ2) is 8.78. The smallest absolute Gasteiger partial charge is 0.368 e. The molecular weight excluding hydrogens is 461 g/mol. The van der Waals surface area contributed by atoms with Crippen molar-refractivity contribution in [2.24, 2.45) is 0 Å². The van der Waals surface area contributed by atoms with Gasteiger partial charge >= 0.3 is 6.18 Å². The number of carbonyl (C=O) groups is 1. The zero-order valence-electron chi connectivity index (χ0n) is 17.7. The number of carbonyl (C=O) groups excluding carboxylic acids is 1. The molecule has 1 aromatic heterocycles. The quantitative estimate of drug-likeness (QED) is 0.577. The third-order valence-corrected chi connectivity index (χ3v) is 6.92. The lowest BCUT2D eigenvalue weighted by molar-refractivity contribution is -0.137. The molecule has 1 fully saturated rings. The van der Waals surface area contributed by atoms with Crippen LogP contribution in [0.1, 0.15) is 30.4 Å². The van der Waals surface area contributed by atoms with Crippen molar-refractivity contribution in [3.05, 3.63) is 35.5 Å². The summed E-state index contributed by atoms with van der Waals surface area (Å²) in [5.74, 6) is -0.631. The number of hydrogen-bond donors (Lipinski definition) is 3. The van der Waals surface area contributed by atoms with Crippen molar-refractivity contribution in [3.63, 3.8) is 0 Å². The van der Waals surface area contributed by atoms with Crippen molar-refractivity contribution >= 4 is 39.1 Å². The molecule has 1 atom stereocenters. The third kappa shape index (κ3) is 5.36. The number of piperidine rings is 1. The van der Waals surface area contributed by atoms with Crippen LogP contribution in [0.2, 0.25) is 0 Å². The first-order chi connectivity index (χ1) is 15.5. The molecule has 3 heterocycles. The molecule has 0 spiro atoms. The van der Waals surface area contributed by atoms with E-state index < -0.39 is 33.6 Å². The lowest BCUT2D eigenvalue weighted by atomic mass is 10.1. The van der Waals surface area contributed by atoms with Gasteiger partial charge in [0.25, 0.3) is 0 Å². The molecule has 0 bridgehead atoms. The first-order valence-electron chi connectivity index (χ1n) is 10.4. The van der Waals surface area contributed by atoms with Crippen molar-refractivity contribution in [2.45, 2.75) is 37.9 Å². The number of fused-ring (bicyclic) bond motifs is 1. The van der Waals surface area contributed by atoms with Crippen LogP contribution in [0.3, 0.4) is 0 Å². The molecule has 178 valence electrons. The first kappa shape index (κ1) is 23.2. The van der Waals surface area contributed by atoms with Crippen LogP contribution in [-0.2, 0) is 27.4 Å². The normalized spacial score (nSPS) is 19.2. The van der Waals surface area contributed by atoms with Crippen molar-refractivity contribution in [2.75, 3.05) is 35.3 Å². The van der Waals surface area contributed by atoms with Crippen LogP contribution >= 0.6 is 0 Å². The summed E-state index contributed by atoms with van der Waals surface area (Å²) in [6.07, 6.45) is -0.658. The van der Waals surface area contributed by atoms with E-state index in [1.165, 1.54) is 4.31 Å². The highest BCUT2D eigenvalue weighted by molar-refractivity contribution is 7.88. The maximum Gasteiger partial charge on any atom is 0.421 e. The van der Waals surface area contributed by atoms with Gasteiger partial charge in [0.2, 0.25) is 21.9 Å². The van der Waals surface area contributed by atoms with Crippen LogP contribution < -0.4 is 16.0 Å². The summed E-state index contributed by atoms with van der Waals surface area (Å²) in [4.78, 5) is 19.3. The fourth-order valence-corrected chi connectivity index (χ4v) is 5.23. The summed E-state index contributed by atoms with van der Waals surface area (Å²) in [5.41, 5.74) is 0.919. The van der Waals surface area contributed by atoms with E-state index in [9.17, 15) is 26.4 Å². The zero-order chi connectivity index (χ0) is 23.8. The summed E-state index contributed by atoms with van der Waals surface area (Å²) in [7, 11) is -3.48. The number of aromatic nitrogens is 2. The Hall–Kier alpha value is -2.93. The molecular formula is C20H23F3N6O3S. The van der Waals surface area contributed by atoms with Crippen LogP contribution in [-0.4, -0.2) is 54.0 Å². The molecule has 9 nitrogen and oxygen atoms in total. The van der Waals surface area contributed by atoms with Crippen molar-refractivity contribution in [1.82, 2.24) is 14.3 Å². The Labute approximate surface area is 188 Å². The van der Waals surface area contributed by atoms with Crippen LogP contribution in [0.5, 0.6) is 0 Å². The van der Waals surface area contributed by atoms with E-state index in [0.29, 0.717) is 37.0 Å². The van der Waals surface area contributed by atoms with E-state index in [0.717, 1.165) is 18.2 Å². The second-order valence-corrected chi connectivity index (χ2v) is 10.0. The van der Waals surface area contributed by atoms with Gasteiger partial charge in [0.1, 0.15) is 11.4 Å². The minimum Gasteiger partial charge on any atom is -0.368 e. The molecule has 1 aromatic carbocycles. The molecule has 2 aliphatic heterocycles. The van der Waals surface area contributed by atoms with E-state index in [4.69, 9.17) is 0 Å². The van der Waals surface area contributed by atoms with Gasteiger partial charge < -0.3 is 16.0 Å². The van der Waals surface area contributed by atoms with E-state index in [-0.39, 0.29) is 24.8 Å². The molecule has 3 N–H and O–H groups in total. The Balaban J connectivity index is 1.55. The van der Waals surface area contributed by atoms with Gasteiger partial charge in [0, 0.05) is 36.7 Å². The Morgan fingerprint density at radius 3 is 2.79 bits per heavy atom. The van der Waals surface area contributed by atoms with Crippen molar-refractivity contribution < 1.29 is 26.4 Å². The molecule has 0 unspecified atom stereocenters. The van der Waals surface area contributed by atoms with Gasteiger partial charge in [0.05, 0.1) is 12.7 Å². The maximum atomic E-state index is 13.5. The number of alkyl halides is 3. The van der Waals surface area contributed by atoms with Gasteiger partial charge in [-0.05, 0) is 36.6 Å². The predicted octanol–water partition coefficient (Wildman–Crippen LogP) is 2.96. The first-order valence-corrected chi connectivity index (χ1v) is 12.2. The highest BCUT2D eigenvalue weighted by Gasteiger charge is 2.36. The van der Waals surface area contributed by atoms with Crippen LogP contribution in [0.25, 0.3) is 0 Å². The van der Waals surface area contributed by atoms with E-state index in [1.807, 2.05) is 0 Å². The molecule has 0 saturated carbocycles. The summed E-state index contributed by atoms with van der Waals surface area (Å²) in [5, 5.41) is 8.26. The van der Waals surface area contributed by atoms with Crippen LogP contribution in [0.4, 0.5) is 36.3 Å². The lowest BCUT2D eigenvalue weighted by Gasteiger charge is -2.34. The van der Waals surface area contributed by atoms with Crippen LogP contribution in [0, 0.1) is 0 Å². The molecule has 1 amide bonds. The summed E-state index contributed by atoms with van der Waals surface area (Å²) in [6, 6.07) is 4.58. The van der Waals surface area contributed by atoms with Gasteiger partial charge in [0.15, 0.2) is 0 Å². The number of hydrogen-bond acceptors (Lipinski definition) is 7. The number of sulfonamides is 1. The molecule has 0 radical (unpaired) electrons. The number of nitrogens with one attached hydrogen (secondary N) is 3. The Bertz CT molecular complexity index is 1170. The maximum absolute atomic E-state index is 13.5. The minimum atomic E-state index is -4.69. The monoisotopic (exact) mass is 484 g/mol. The molecule has 33 heavy (non-hydrogen) atoms. The van der Waals surface area contributed by atoms with Gasteiger partial charge in [-0.2, -0.15) is 22.5 Å². The minimum absolute atomic E-state index is 0.0147. The van der Waals surface area contributed by atoms with Crippen molar-refractivity contribution in [1.29, 1.82) is 0 Å². The number of halogens is 3. The largest absolute Gasteiger partial charge is 0.421 e. The number of benzene rings is 1. The lowest BCUT2D eigenvalue weighted by Crippen LogP contribution is -2.46. The van der Waals surface area contributed by atoms with Crippen molar-refractivity contribution in [3.8, 4) is 0 Å². The van der Waals surface area contributed by atoms with E-state index in [2.05, 4.69) is 25.9 Å². The molecule has 1 saturated heterocycles. The third-order valence-electron chi connectivity index (χ3n) is 5.58. The summed E-state index contributed by atoms with van der Waals surface area (Å²) >= 11 is 0. The number of amides is 1. The Kier molecular flexibility index (Phi) is 6.18. The van der Waals surface area contributed by atoms with E-state index >= 15 is 0 Å². The van der Waals surface area contributed by atoms with Gasteiger partial charge in [-0.15, -0.1) is 0 Å². The topological polar surface area (TPSA) is 116 Å². The van der Waals surface area contributed by atoms with E-state index in [1.54, 1.807) is 18.2 Å². The highest BCUT2D eigenvalue weighted by atomic mass is 32.2. The van der Waals surface area contributed by atoms with Gasteiger partial charge in [-0.25, -0.2) is 13.4 Å². The average molecular weight is 485 g/mol. The highest BCUT2D eigenvalue weighted by Crippen LogP contribution is 2.35. The number of rotatable bonds is 6. The molecule has 4 rings (SSSR count). The van der Waals surface area contributed by atoms with Gasteiger partial charge in [-0.1, -0.05) is 6.42 Å². The van der Waals surface area contributed by atoms with Crippen LogP contribution in [0.15, 0.2) is 24.4 Å². The van der Waals surface area contributed by atoms with Gasteiger partial charge in [-0.3, -0.25) is 4.79 Å². The average Bonchev–Trinajstić information content (AvgIpc) is 3.10. The molecule has 2 aromatic rings. The fourth-order valence-electron chi connectivity index (χ4n) is 4.05. The number of anilines is 4. The fraction of sp³-hybridized carbons (Fsp3) is 0.450. The standard InChI is InChI=1S/C20H23F3N6O3S/c1-33(31,32)29-7-3-2-4-14(29)10-24-18-15(20(21,22)23)11-25-19(28-18)26-13-5-6-16-12(8-13)9-17(30)27-16/h5-6,8,11,14H,2-4,7,9-10H2,1H3,(H,27,30)(H2,24,25,26,28)/t14-/m0/s1. The summed E-state index contributed by atoms with van der Waals surface area (Å²) in [6.45, 7) is 0.322. The second-order valence-electron chi connectivity index (χ2n) is 8.08. The molecule has 0 aliphatic carbocycles.